The lowest BCUT2D eigenvalue weighted by Crippen LogP contribution is -2.34. The van der Waals surface area contributed by atoms with Crippen LogP contribution in [0.5, 0.6) is 0 Å². The van der Waals surface area contributed by atoms with Gasteiger partial charge in [0.2, 0.25) is 10.0 Å². The quantitative estimate of drug-likeness (QED) is 0.549. The number of sulfonamides is 1. The van der Waals surface area contributed by atoms with Crippen LogP contribution in [0.15, 0.2) is 27.9 Å². The molecular formula is C16H23N5O4S. The van der Waals surface area contributed by atoms with E-state index in [1.165, 1.54) is 23.6 Å². The molecule has 3 rings (SSSR count). The number of nitrogens with one attached hydrogen (secondary N) is 3. The van der Waals surface area contributed by atoms with Gasteiger partial charge in [0.25, 0.3) is 0 Å². The van der Waals surface area contributed by atoms with Gasteiger partial charge in [-0.05, 0) is 44.9 Å². The Kier molecular flexibility index (Phi) is 4.27. The first-order valence-corrected chi connectivity index (χ1v) is 9.67. The highest BCUT2D eigenvalue weighted by Crippen LogP contribution is 2.36. The van der Waals surface area contributed by atoms with Gasteiger partial charge >= 0.3 is 11.7 Å². The van der Waals surface area contributed by atoms with Crippen LogP contribution in [0.1, 0.15) is 35.0 Å². The minimum Gasteiger partial charge on any atom is -0.412 e. The minimum absolute atomic E-state index is 0. The number of imidazole rings is 1. The summed E-state index contributed by atoms with van der Waals surface area (Å²) < 4.78 is 35.3. The zero-order chi connectivity index (χ0) is 19.3. The van der Waals surface area contributed by atoms with Crippen LogP contribution in [0.3, 0.4) is 0 Å². The summed E-state index contributed by atoms with van der Waals surface area (Å²) in [5, 5.41) is 15.3. The molecule has 0 saturated heterocycles. The molecule has 0 spiro atoms. The lowest BCUT2D eigenvalue weighted by molar-refractivity contribution is 0.500. The molecule has 142 valence electrons. The second-order valence-corrected chi connectivity index (χ2v) is 8.32. The van der Waals surface area contributed by atoms with Crippen LogP contribution < -0.4 is 10.4 Å². The van der Waals surface area contributed by atoms with Crippen molar-refractivity contribution in [1.82, 2.24) is 13.9 Å². The van der Waals surface area contributed by atoms with Crippen LogP contribution >= 0.6 is 0 Å². The molecule has 0 unspecified atom stereocenters. The van der Waals surface area contributed by atoms with E-state index in [4.69, 9.17) is 15.6 Å². The fraction of sp³-hybridized carbons (Fsp3) is 0.438. The average Bonchev–Trinajstić information content (AvgIpc) is 3.16. The fourth-order valence-electron chi connectivity index (χ4n) is 2.77. The number of benzene rings is 1. The number of ether oxygens (including phenoxy) is 1. The summed E-state index contributed by atoms with van der Waals surface area (Å²) in [6, 6.07) is 3.80. The Bertz CT molecular complexity index is 1080. The summed E-state index contributed by atoms with van der Waals surface area (Å²) >= 11 is 0. The summed E-state index contributed by atoms with van der Waals surface area (Å²) in [6.45, 7) is 5.30. The van der Waals surface area contributed by atoms with Crippen molar-refractivity contribution < 1.29 is 14.6 Å². The third kappa shape index (κ3) is 3.17. The predicted molar refractivity (Wildman–Crippen MR) is 99.6 cm³/mol. The molecule has 3 N–H and O–H groups in total. The fourth-order valence-corrected chi connectivity index (χ4v) is 4.25. The molecule has 1 saturated carbocycles. The maximum absolute atomic E-state index is 12.6. The van der Waals surface area contributed by atoms with Gasteiger partial charge in [-0.25, -0.2) is 22.5 Å². The van der Waals surface area contributed by atoms with Gasteiger partial charge in [-0.2, -0.15) is 0 Å². The Morgan fingerprint density at radius 2 is 2.00 bits per heavy atom. The number of rotatable bonds is 4. The van der Waals surface area contributed by atoms with Gasteiger partial charge in [-0.3, -0.25) is 15.4 Å². The van der Waals surface area contributed by atoms with Crippen molar-refractivity contribution in [2.45, 2.75) is 50.6 Å². The maximum atomic E-state index is 12.6. The summed E-state index contributed by atoms with van der Waals surface area (Å²) in [5.74, 6) is -0.244. The summed E-state index contributed by atoms with van der Waals surface area (Å²) in [5.41, 5.74) is -0.210. The topological polar surface area (TPSA) is 130 Å². The van der Waals surface area contributed by atoms with Crippen molar-refractivity contribution in [1.29, 1.82) is 10.8 Å². The van der Waals surface area contributed by atoms with E-state index in [2.05, 4.69) is 4.72 Å². The van der Waals surface area contributed by atoms with Crippen molar-refractivity contribution in [3.8, 4) is 0 Å². The Morgan fingerprint density at radius 1 is 1.35 bits per heavy atom. The van der Waals surface area contributed by atoms with E-state index in [0.29, 0.717) is 12.1 Å². The first-order chi connectivity index (χ1) is 12.1. The van der Waals surface area contributed by atoms with Gasteiger partial charge in [0.05, 0.1) is 15.9 Å². The van der Waals surface area contributed by atoms with Crippen molar-refractivity contribution in [2.75, 3.05) is 0 Å². The molecule has 10 heteroatoms. The highest BCUT2D eigenvalue weighted by Gasteiger charge is 2.41. The molecule has 1 fully saturated rings. The largest absolute Gasteiger partial charge is 0.412 e. The smallest absolute Gasteiger partial charge is 0.337 e. The van der Waals surface area contributed by atoms with Crippen LogP contribution in [-0.4, -0.2) is 35.0 Å². The van der Waals surface area contributed by atoms with E-state index in [-0.39, 0.29) is 17.7 Å². The zero-order valence-corrected chi connectivity index (χ0v) is 15.6. The van der Waals surface area contributed by atoms with E-state index in [1.54, 1.807) is 13.0 Å². The lowest BCUT2D eigenvalue weighted by Gasteiger charge is -2.12. The van der Waals surface area contributed by atoms with E-state index >= 15 is 0 Å². The number of nitrogens with zero attached hydrogens (tertiary/aromatic N) is 2. The Hall–Kier alpha value is -2.46. The summed E-state index contributed by atoms with van der Waals surface area (Å²) in [4.78, 5) is 12.6. The van der Waals surface area contributed by atoms with Gasteiger partial charge in [0.15, 0.2) is 5.90 Å². The number of hydrogen-bond donors (Lipinski definition) is 3. The second-order valence-electron chi connectivity index (χ2n) is 6.64. The SMILES string of the molecule is CCn1c(=O)n(C(=N)OC(C)=N)c2cc(S(=O)(=O)NC3(C)CC3)ccc21.[HH]. The molecule has 2 aromatic rings. The molecular weight excluding hydrogens is 358 g/mol. The molecule has 1 aromatic heterocycles. The number of hydrogen-bond acceptors (Lipinski definition) is 6. The zero-order valence-electron chi connectivity index (χ0n) is 14.8. The third-order valence-electron chi connectivity index (χ3n) is 4.36. The van der Waals surface area contributed by atoms with Crippen molar-refractivity contribution in [3.05, 3.63) is 28.7 Å². The summed E-state index contributed by atoms with van der Waals surface area (Å²) in [6.07, 6.45) is 1.56. The molecule has 0 radical (unpaired) electrons. The van der Waals surface area contributed by atoms with Crippen molar-refractivity contribution in [3.63, 3.8) is 0 Å². The summed E-state index contributed by atoms with van der Waals surface area (Å²) in [7, 11) is -3.75. The molecule has 0 atom stereocenters. The Balaban J connectivity index is 0.00000261. The molecule has 0 amide bonds. The van der Waals surface area contributed by atoms with E-state index < -0.39 is 27.3 Å². The van der Waals surface area contributed by atoms with Crippen LogP contribution in [0.2, 0.25) is 0 Å². The molecule has 0 aliphatic heterocycles. The minimum atomic E-state index is -3.75. The highest BCUT2D eigenvalue weighted by atomic mass is 32.2. The maximum Gasteiger partial charge on any atom is 0.337 e. The Labute approximate surface area is 152 Å². The molecule has 26 heavy (non-hydrogen) atoms. The molecule has 1 aliphatic rings. The third-order valence-corrected chi connectivity index (χ3v) is 6.00. The van der Waals surface area contributed by atoms with E-state index in [0.717, 1.165) is 17.4 Å². The number of aromatic nitrogens is 2. The molecule has 0 bridgehead atoms. The van der Waals surface area contributed by atoms with Crippen molar-refractivity contribution in [2.24, 2.45) is 0 Å². The predicted octanol–water partition coefficient (Wildman–Crippen LogP) is 1.70. The number of aryl methyl sites for hydroxylation is 1. The standard InChI is InChI=1S/C16H21N5O4S.H2/c1-4-20-12-6-5-11(26(23,24)19-16(3)7-8-16)9-13(12)21(15(20)22)14(18)25-10(2)17;/h5-6,9,17-19H,4,7-8H2,1-3H3;1H. The van der Waals surface area contributed by atoms with E-state index in [1.807, 2.05) is 6.92 Å². The van der Waals surface area contributed by atoms with Crippen molar-refractivity contribution >= 4 is 33.0 Å². The molecule has 1 heterocycles. The van der Waals surface area contributed by atoms with Gasteiger partial charge in [0.1, 0.15) is 0 Å². The normalized spacial score (nSPS) is 15.8. The molecule has 9 nitrogen and oxygen atoms in total. The van der Waals surface area contributed by atoms with E-state index in [9.17, 15) is 13.2 Å². The van der Waals surface area contributed by atoms with Gasteiger partial charge in [0, 0.05) is 20.4 Å². The van der Waals surface area contributed by atoms with Crippen LogP contribution in [0.4, 0.5) is 0 Å². The monoisotopic (exact) mass is 381 g/mol. The highest BCUT2D eigenvalue weighted by molar-refractivity contribution is 7.89. The number of fused-ring (bicyclic) bond motifs is 1. The first-order valence-electron chi connectivity index (χ1n) is 8.19. The van der Waals surface area contributed by atoms with Gasteiger partial charge in [-0.15, -0.1) is 0 Å². The molecule has 1 aliphatic carbocycles. The van der Waals surface area contributed by atoms with Crippen LogP contribution in [0.25, 0.3) is 11.0 Å². The second kappa shape index (κ2) is 6.06. The Morgan fingerprint density at radius 3 is 2.54 bits per heavy atom. The van der Waals surface area contributed by atoms with Gasteiger partial charge in [-0.1, -0.05) is 0 Å². The lowest BCUT2D eigenvalue weighted by atomic mass is 10.3. The average molecular weight is 381 g/mol. The van der Waals surface area contributed by atoms with Crippen LogP contribution in [-0.2, 0) is 21.3 Å². The molecule has 1 aromatic carbocycles. The van der Waals surface area contributed by atoms with Gasteiger partial charge < -0.3 is 4.74 Å². The van der Waals surface area contributed by atoms with Crippen LogP contribution in [0, 0.1) is 10.8 Å². The first kappa shape index (κ1) is 18.3.